The van der Waals surface area contributed by atoms with Gasteiger partial charge in [-0.2, -0.15) is 0 Å². The molecule has 0 saturated heterocycles. The Morgan fingerprint density at radius 1 is 0.312 bits per heavy atom. The standard InChI is InChI=1S/C59H36N4O/c1-3-13-37(14-4-1)38-23-25-39(26-24-38)40-27-29-42(30-28-40)58-60-57(41-15-5-2-6-16-41)61-59(62-58)51-36-55-56(48-20-10-12-22-54(48)64-55)50-35-45(31-32-46(50)51)63-52-21-11-9-19-47(52)49-33-43-17-7-8-18-44(43)34-53(49)63/h1-36H. The molecule has 10 aromatic carbocycles. The van der Waals surface area contributed by atoms with Gasteiger partial charge < -0.3 is 8.98 Å². The summed E-state index contributed by atoms with van der Waals surface area (Å²) in [6.07, 6.45) is 0. The van der Waals surface area contributed by atoms with E-state index in [-0.39, 0.29) is 0 Å². The molecule has 0 aliphatic carbocycles. The zero-order valence-corrected chi connectivity index (χ0v) is 34.5. The Balaban J connectivity index is 0.998. The van der Waals surface area contributed by atoms with Crippen molar-refractivity contribution in [1.29, 1.82) is 0 Å². The number of furan rings is 1. The van der Waals surface area contributed by atoms with E-state index in [2.05, 4.69) is 174 Å². The Hall–Kier alpha value is -8.67. The lowest BCUT2D eigenvalue weighted by Gasteiger charge is -2.14. The van der Waals surface area contributed by atoms with Gasteiger partial charge in [0.05, 0.1) is 11.0 Å². The Morgan fingerprint density at radius 2 is 0.844 bits per heavy atom. The van der Waals surface area contributed by atoms with Crippen LogP contribution in [0.5, 0.6) is 0 Å². The molecule has 0 radical (unpaired) electrons. The Bertz CT molecular complexity index is 3930. The van der Waals surface area contributed by atoms with E-state index in [1.165, 1.54) is 32.7 Å². The van der Waals surface area contributed by atoms with Crippen LogP contribution in [0.4, 0.5) is 0 Å². The van der Waals surface area contributed by atoms with E-state index in [9.17, 15) is 0 Å². The first-order valence-electron chi connectivity index (χ1n) is 21.6. The SMILES string of the molecule is c1ccc(-c2ccc(-c3ccc(-c4nc(-c5ccccc5)nc(-c5cc6oc7ccccc7c6c6cc(-n7c8ccccc8c8cc9ccccc9cc87)ccc56)n4)cc3)cc2)cc1. The lowest BCUT2D eigenvalue weighted by molar-refractivity contribution is 0.669. The van der Waals surface area contributed by atoms with Crippen molar-refractivity contribution >= 4 is 65.3 Å². The zero-order valence-electron chi connectivity index (χ0n) is 34.5. The molecule has 0 saturated carbocycles. The van der Waals surface area contributed by atoms with Gasteiger partial charge in [-0.3, -0.25) is 0 Å². The summed E-state index contributed by atoms with van der Waals surface area (Å²) in [6.45, 7) is 0. The molecule has 0 fully saturated rings. The quantitative estimate of drug-likeness (QED) is 0.168. The van der Waals surface area contributed by atoms with Crippen molar-refractivity contribution in [3.63, 3.8) is 0 Å². The maximum Gasteiger partial charge on any atom is 0.164 e. The molecule has 13 rings (SSSR count). The average molecular weight is 817 g/mol. The maximum atomic E-state index is 6.68. The molecule has 0 atom stereocenters. The van der Waals surface area contributed by atoms with Crippen LogP contribution in [0.3, 0.4) is 0 Å². The molecular formula is C59H36N4O. The van der Waals surface area contributed by atoms with Gasteiger partial charge in [0, 0.05) is 43.9 Å². The van der Waals surface area contributed by atoms with Gasteiger partial charge in [-0.05, 0) is 86.3 Å². The fraction of sp³-hybridized carbons (Fsp3) is 0. The minimum atomic E-state index is 0.577. The second kappa shape index (κ2) is 14.5. The molecule has 3 heterocycles. The van der Waals surface area contributed by atoms with Crippen LogP contribution in [-0.2, 0) is 0 Å². The predicted octanol–water partition coefficient (Wildman–Crippen LogP) is 15.5. The van der Waals surface area contributed by atoms with E-state index in [0.29, 0.717) is 17.5 Å². The van der Waals surface area contributed by atoms with Gasteiger partial charge in [-0.25, -0.2) is 15.0 Å². The van der Waals surface area contributed by atoms with Gasteiger partial charge in [-0.1, -0.05) is 176 Å². The lowest BCUT2D eigenvalue weighted by Crippen LogP contribution is -2.01. The second-order valence-electron chi connectivity index (χ2n) is 16.4. The van der Waals surface area contributed by atoms with Gasteiger partial charge in [-0.15, -0.1) is 0 Å². The van der Waals surface area contributed by atoms with E-state index in [1.54, 1.807) is 0 Å². The van der Waals surface area contributed by atoms with E-state index >= 15 is 0 Å². The van der Waals surface area contributed by atoms with Crippen LogP contribution in [0.15, 0.2) is 223 Å². The molecule has 298 valence electrons. The van der Waals surface area contributed by atoms with Crippen molar-refractivity contribution in [2.45, 2.75) is 0 Å². The van der Waals surface area contributed by atoms with Gasteiger partial charge in [0.15, 0.2) is 17.5 Å². The van der Waals surface area contributed by atoms with Crippen molar-refractivity contribution < 1.29 is 4.42 Å². The predicted molar refractivity (Wildman–Crippen MR) is 264 cm³/mol. The first-order valence-corrected chi connectivity index (χ1v) is 21.6. The molecule has 0 bridgehead atoms. The van der Waals surface area contributed by atoms with Crippen molar-refractivity contribution in [3.05, 3.63) is 218 Å². The number of aromatic nitrogens is 4. The molecule has 3 aromatic heterocycles. The summed E-state index contributed by atoms with van der Waals surface area (Å²) in [6, 6.07) is 76.9. The molecule has 0 N–H and O–H groups in total. The minimum absolute atomic E-state index is 0.577. The highest BCUT2D eigenvalue weighted by molar-refractivity contribution is 6.22. The molecule has 5 heteroatoms. The van der Waals surface area contributed by atoms with Crippen molar-refractivity contribution in [3.8, 4) is 62.1 Å². The van der Waals surface area contributed by atoms with Crippen molar-refractivity contribution in [2.24, 2.45) is 0 Å². The Labute approximate surface area is 368 Å². The number of benzene rings is 10. The fourth-order valence-electron chi connectivity index (χ4n) is 9.52. The van der Waals surface area contributed by atoms with E-state index in [4.69, 9.17) is 19.4 Å². The highest BCUT2D eigenvalue weighted by atomic mass is 16.3. The number of rotatable bonds is 6. The molecule has 0 aliphatic heterocycles. The highest BCUT2D eigenvalue weighted by Crippen LogP contribution is 2.42. The van der Waals surface area contributed by atoms with Crippen LogP contribution < -0.4 is 0 Å². The van der Waals surface area contributed by atoms with Crippen molar-refractivity contribution in [2.75, 3.05) is 0 Å². The van der Waals surface area contributed by atoms with E-state index in [0.717, 1.165) is 77.2 Å². The van der Waals surface area contributed by atoms with E-state index in [1.807, 2.05) is 48.5 Å². The van der Waals surface area contributed by atoms with Crippen LogP contribution in [-0.4, -0.2) is 19.5 Å². The summed E-state index contributed by atoms with van der Waals surface area (Å²) < 4.78 is 9.08. The molecule has 0 amide bonds. The van der Waals surface area contributed by atoms with Crippen LogP contribution in [0.2, 0.25) is 0 Å². The Kier molecular flexibility index (Phi) is 8.15. The van der Waals surface area contributed by atoms with Crippen LogP contribution in [0, 0.1) is 0 Å². The molecule has 0 spiro atoms. The van der Waals surface area contributed by atoms with Crippen molar-refractivity contribution in [1.82, 2.24) is 19.5 Å². The number of hydrogen-bond acceptors (Lipinski definition) is 4. The third-order valence-electron chi connectivity index (χ3n) is 12.6. The molecule has 64 heavy (non-hydrogen) atoms. The largest absolute Gasteiger partial charge is 0.456 e. The second-order valence-corrected chi connectivity index (χ2v) is 16.4. The summed E-state index contributed by atoms with van der Waals surface area (Å²) in [5.41, 5.74) is 12.3. The highest BCUT2D eigenvalue weighted by Gasteiger charge is 2.21. The van der Waals surface area contributed by atoms with E-state index < -0.39 is 0 Å². The monoisotopic (exact) mass is 816 g/mol. The van der Waals surface area contributed by atoms with Crippen LogP contribution >= 0.6 is 0 Å². The molecule has 13 aromatic rings. The third kappa shape index (κ3) is 5.90. The molecular weight excluding hydrogens is 781 g/mol. The average Bonchev–Trinajstić information content (AvgIpc) is 3.91. The minimum Gasteiger partial charge on any atom is -0.456 e. The molecule has 0 aliphatic rings. The number of nitrogens with zero attached hydrogens (tertiary/aromatic N) is 4. The number of para-hydroxylation sites is 2. The van der Waals surface area contributed by atoms with Crippen LogP contribution in [0.25, 0.3) is 127 Å². The summed E-state index contributed by atoms with van der Waals surface area (Å²) in [7, 11) is 0. The van der Waals surface area contributed by atoms with Gasteiger partial charge in [0.2, 0.25) is 0 Å². The van der Waals surface area contributed by atoms with Gasteiger partial charge in [0.1, 0.15) is 11.2 Å². The zero-order chi connectivity index (χ0) is 42.1. The summed E-state index contributed by atoms with van der Waals surface area (Å²) >= 11 is 0. The van der Waals surface area contributed by atoms with Gasteiger partial charge in [0.25, 0.3) is 0 Å². The lowest BCUT2D eigenvalue weighted by atomic mass is 9.97. The molecule has 0 unspecified atom stereocenters. The first-order chi connectivity index (χ1) is 31.7. The summed E-state index contributed by atoms with van der Waals surface area (Å²) in [5, 5.41) is 9.09. The smallest absolute Gasteiger partial charge is 0.164 e. The number of fused-ring (bicyclic) bond motifs is 9. The maximum absolute atomic E-state index is 6.68. The van der Waals surface area contributed by atoms with Crippen LogP contribution in [0.1, 0.15) is 0 Å². The first kappa shape index (κ1) is 36.0. The third-order valence-corrected chi connectivity index (χ3v) is 12.6. The summed E-state index contributed by atoms with van der Waals surface area (Å²) in [5.74, 6) is 1.78. The molecule has 5 nitrogen and oxygen atoms in total. The number of hydrogen-bond donors (Lipinski definition) is 0. The summed E-state index contributed by atoms with van der Waals surface area (Å²) in [4.78, 5) is 15.6. The Morgan fingerprint density at radius 3 is 1.55 bits per heavy atom. The fourth-order valence-corrected chi connectivity index (χ4v) is 9.52. The van der Waals surface area contributed by atoms with Gasteiger partial charge >= 0.3 is 0 Å². The normalized spacial score (nSPS) is 11.8. The topological polar surface area (TPSA) is 56.7 Å².